The van der Waals surface area contributed by atoms with E-state index in [2.05, 4.69) is 48.5 Å². The Bertz CT molecular complexity index is 200. The van der Waals surface area contributed by atoms with Crippen LogP contribution in [0.4, 0.5) is 0 Å². The molecule has 1 aliphatic rings. The van der Waals surface area contributed by atoms with Crippen molar-refractivity contribution < 1.29 is 0 Å². The van der Waals surface area contributed by atoms with Crippen molar-refractivity contribution in [1.82, 2.24) is 0 Å². The zero-order valence-electron chi connectivity index (χ0n) is 11.8. The van der Waals surface area contributed by atoms with Crippen LogP contribution in [0.1, 0.15) is 61.3 Å². The fraction of sp³-hybridized carbons (Fsp3) is 1.00. The maximum atomic E-state index is 2.50. The Labute approximate surface area is 96.8 Å². The summed E-state index contributed by atoms with van der Waals surface area (Å²) in [6.07, 6.45) is 2.66. The lowest BCUT2D eigenvalue weighted by Crippen LogP contribution is -2.26. The Morgan fingerprint density at radius 3 is 1.73 bits per heavy atom. The first-order valence-corrected chi connectivity index (χ1v) is 6.89. The van der Waals surface area contributed by atoms with Gasteiger partial charge >= 0.3 is 0 Å². The third kappa shape index (κ3) is 2.24. The summed E-state index contributed by atoms with van der Waals surface area (Å²) in [6, 6.07) is 0. The summed E-state index contributed by atoms with van der Waals surface area (Å²) in [7, 11) is 0. The molecule has 4 unspecified atom stereocenters. The van der Waals surface area contributed by atoms with Crippen molar-refractivity contribution in [3.63, 3.8) is 0 Å². The molecule has 0 radical (unpaired) electrons. The Hall–Kier alpha value is 0. The van der Waals surface area contributed by atoms with Crippen LogP contribution in [-0.4, -0.2) is 0 Å². The molecular weight excluding hydrogens is 180 g/mol. The van der Waals surface area contributed by atoms with Crippen LogP contribution in [-0.2, 0) is 0 Å². The summed E-state index contributed by atoms with van der Waals surface area (Å²) in [6.45, 7) is 16.9. The predicted molar refractivity (Wildman–Crippen MR) is 68.8 cm³/mol. The highest BCUT2D eigenvalue weighted by Gasteiger charge is 2.53. The quantitative estimate of drug-likeness (QED) is 0.600. The van der Waals surface area contributed by atoms with Gasteiger partial charge in [-0.05, 0) is 35.0 Å². The fourth-order valence-corrected chi connectivity index (χ4v) is 3.72. The topological polar surface area (TPSA) is 0 Å². The average Bonchev–Trinajstić information content (AvgIpc) is 2.87. The lowest BCUT2D eigenvalue weighted by Gasteiger charge is -2.35. The molecule has 1 aliphatic carbocycles. The first-order chi connectivity index (χ1) is 6.89. The highest BCUT2D eigenvalue weighted by atomic mass is 14.6. The van der Waals surface area contributed by atoms with E-state index >= 15 is 0 Å². The van der Waals surface area contributed by atoms with Gasteiger partial charge < -0.3 is 0 Å². The van der Waals surface area contributed by atoms with Crippen molar-refractivity contribution >= 4 is 0 Å². The van der Waals surface area contributed by atoms with Crippen LogP contribution in [0, 0.1) is 35.0 Å². The molecule has 1 fully saturated rings. The zero-order valence-corrected chi connectivity index (χ0v) is 11.8. The Balaban J connectivity index is 2.66. The third-order valence-corrected chi connectivity index (χ3v) is 5.58. The average molecular weight is 210 g/mol. The van der Waals surface area contributed by atoms with Gasteiger partial charge in [0.05, 0.1) is 0 Å². The zero-order chi connectivity index (χ0) is 11.8. The van der Waals surface area contributed by atoms with Crippen molar-refractivity contribution in [3.05, 3.63) is 0 Å². The van der Waals surface area contributed by atoms with Gasteiger partial charge in [-0.15, -0.1) is 0 Å². The van der Waals surface area contributed by atoms with Crippen LogP contribution in [0.3, 0.4) is 0 Å². The van der Waals surface area contributed by atoms with Crippen LogP contribution in [0.5, 0.6) is 0 Å². The van der Waals surface area contributed by atoms with Gasteiger partial charge in [-0.3, -0.25) is 0 Å². The maximum Gasteiger partial charge on any atom is -0.0303 e. The van der Waals surface area contributed by atoms with Crippen molar-refractivity contribution in [3.8, 4) is 0 Å². The predicted octanol–water partition coefficient (Wildman–Crippen LogP) is 4.99. The lowest BCUT2D eigenvalue weighted by molar-refractivity contribution is 0.149. The maximum absolute atomic E-state index is 2.50. The first kappa shape index (κ1) is 13.1. The number of rotatable bonds is 5. The van der Waals surface area contributed by atoms with E-state index in [1.54, 1.807) is 0 Å². The summed E-state index contributed by atoms with van der Waals surface area (Å²) >= 11 is 0. The van der Waals surface area contributed by atoms with Gasteiger partial charge in [-0.25, -0.2) is 0 Å². The van der Waals surface area contributed by atoms with Crippen LogP contribution in [0.15, 0.2) is 0 Å². The molecule has 0 saturated heterocycles. The monoisotopic (exact) mass is 210 g/mol. The second kappa shape index (κ2) is 4.47. The van der Waals surface area contributed by atoms with E-state index in [0.717, 1.165) is 29.6 Å². The van der Waals surface area contributed by atoms with Crippen LogP contribution in [0.25, 0.3) is 0 Å². The van der Waals surface area contributed by atoms with Gasteiger partial charge in [0.15, 0.2) is 0 Å². The van der Waals surface area contributed by atoms with Crippen molar-refractivity contribution in [2.45, 2.75) is 61.3 Å². The Morgan fingerprint density at radius 2 is 1.47 bits per heavy atom. The fourth-order valence-electron chi connectivity index (χ4n) is 3.72. The van der Waals surface area contributed by atoms with E-state index in [1.165, 1.54) is 12.8 Å². The molecule has 0 nitrogen and oxygen atoms in total. The summed E-state index contributed by atoms with van der Waals surface area (Å²) in [4.78, 5) is 0. The van der Waals surface area contributed by atoms with Gasteiger partial charge in [-0.1, -0.05) is 61.3 Å². The van der Waals surface area contributed by atoms with E-state index in [-0.39, 0.29) is 0 Å². The molecule has 1 rings (SSSR count). The number of hydrogen-bond acceptors (Lipinski definition) is 0. The Morgan fingerprint density at radius 1 is 1.00 bits per heavy atom. The van der Waals surface area contributed by atoms with Gasteiger partial charge in [0.2, 0.25) is 0 Å². The van der Waals surface area contributed by atoms with Gasteiger partial charge in [-0.2, -0.15) is 0 Å². The van der Waals surface area contributed by atoms with Gasteiger partial charge in [0.1, 0.15) is 0 Å². The number of hydrogen-bond donors (Lipinski definition) is 0. The largest absolute Gasteiger partial charge is 0.0649 e. The highest BCUT2D eigenvalue weighted by Crippen LogP contribution is 2.59. The van der Waals surface area contributed by atoms with Crippen molar-refractivity contribution in [1.29, 1.82) is 0 Å². The van der Waals surface area contributed by atoms with E-state index in [9.17, 15) is 0 Å². The van der Waals surface area contributed by atoms with Crippen LogP contribution >= 0.6 is 0 Å². The molecule has 0 aliphatic heterocycles. The highest BCUT2D eigenvalue weighted by molar-refractivity contribution is 5.01. The van der Waals surface area contributed by atoms with E-state index in [0.29, 0.717) is 5.41 Å². The molecule has 0 spiro atoms. The minimum Gasteiger partial charge on any atom is -0.0649 e. The summed E-state index contributed by atoms with van der Waals surface area (Å²) in [5.41, 5.74) is 0.572. The second-order valence-electron chi connectivity index (χ2n) is 6.41. The first-order valence-electron chi connectivity index (χ1n) is 6.89. The van der Waals surface area contributed by atoms with Gasteiger partial charge in [0, 0.05) is 0 Å². The van der Waals surface area contributed by atoms with Crippen LogP contribution < -0.4 is 0 Å². The minimum absolute atomic E-state index is 0.572. The molecule has 90 valence electrons. The molecule has 0 heteroatoms. The van der Waals surface area contributed by atoms with E-state index < -0.39 is 0 Å². The lowest BCUT2D eigenvalue weighted by atomic mass is 9.70. The summed E-state index contributed by atoms with van der Waals surface area (Å²) in [5, 5.41) is 0. The smallest absolute Gasteiger partial charge is 0.0303 e. The normalized spacial score (nSPS) is 33.2. The summed E-state index contributed by atoms with van der Waals surface area (Å²) < 4.78 is 0. The second-order valence-corrected chi connectivity index (χ2v) is 6.41. The van der Waals surface area contributed by atoms with Crippen molar-refractivity contribution in [2.75, 3.05) is 0 Å². The molecule has 1 saturated carbocycles. The molecule has 0 aromatic heterocycles. The standard InChI is InChI=1S/C15H30/c1-8-15(7,9-2)12(6)14-11(5)13(14)10(3)4/h10-14H,8-9H2,1-7H3. The molecule has 4 atom stereocenters. The van der Waals surface area contributed by atoms with E-state index in [1.807, 2.05) is 0 Å². The molecule has 0 aromatic carbocycles. The third-order valence-electron chi connectivity index (χ3n) is 5.58. The molecular formula is C15H30. The van der Waals surface area contributed by atoms with E-state index in [4.69, 9.17) is 0 Å². The van der Waals surface area contributed by atoms with Crippen molar-refractivity contribution in [2.24, 2.45) is 35.0 Å². The molecule has 0 amide bonds. The van der Waals surface area contributed by atoms with Crippen LogP contribution in [0.2, 0.25) is 0 Å². The molecule has 0 bridgehead atoms. The van der Waals surface area contributed by atoms with Gasteiger partial charge in [0.25, 0.3) is 0 Å². The SMILES string of the molecule is CCC(C)(CC)C(C)C1C(C)C1C(C)C. The summed E-state index contributed by atoms with van der Waals surface area (Å²) in [5.74, 6) is 4.74. The molecule has 0 heterocycles. The molecule has 0 aromatic rings. The minimum atomic E-state index is 0.572. The molecule has 15 heavy (non-hydrogen) atoms. The Kier molecular flexibility index (Phi) is 3.90. The molecule has 0 N–H and O–H groups in total.